The molecule has 57 heavy (non-hydrogen) atoms. The Hall–Kier alpha value is -6.17. The number of hydrogen-bond acceptors (Lipinski definition) is 5. The van der Waals surface area contributed by atoms with E-state index in [2.05, 4.69) is 170 Å². The molecule has 1 aromatic heterocycles. The molecule has 0 amide bonds. The molecule has 0 saturated carbocycles. The molecular formula is C52H41N3OS. The highest BCUT2D eigenvalue weighted by molar-refractivity contribution is 7.99. The Morgan fingerprint density at radius 2 is 1.26 bits per heavy atom. The fourth-order valence-corrected chi connectivity index (χ4v) is 10.4. The molecule has 3 aliphatic rings. The highest BCUT2D eigenvalue weighted by atomic mass is 32.2. The Morgan fingerprint density at radius 1 is 0.614 bits per heavy atom. The van der Waals surface area contributed by atoms with E-state index in [0.29, 0.717) is 5.82 Å². The van der Waals surface area contributed by atoms with E-state index < -0.39 is 5.60 Å². The lowest BCUT2D eigenvalue weighted by Gasteiger charge is -2.39. The molecule has 5 heteroatoms. The molecule has 2 aliphatic heterocycles. The summed E-state index contributed by atoms with van der Waals surface area (Å²) in [4.78, 5) is 12.7. The third-order valence-corrected chi connectivity index (χ3v) is 13.3. The van der Waals surface area contributed by atoms with Crippen LogP contribution in [0.4, 0.5) is 5.69 Å². The molecule has 1 aliphatic carbocycles. The number of para-hydroxylation sites is 1. The van der Waals surface area contributed by atoms with Gasteiger partial charge in [0.15, 0.2) is 11.4 Å². The van der Waals surface area contributed by atoms with Gasteiger partial charge in [-0.15, -0.1) is 0 Å². The molecule has 3 heterocycles. The quantitative estimate of drug-likeness (QED) is 0.175. The Kier molecular flexibility index (Phi) is 7.91. The highest BCUT2D eigenvalue weighted by Crippen LogP contribution is 2.58. The van der Waals surface area contributed by atoms with Crippen molar-refractivity contribution >= 4 is 45.2 Å². The van der Waals surface area contributed by atoms with E-state index in [9.17, 15) is 0 Å². The lowest BCUT2D eigenvalue weighted by atomic mass is 9.76. The average Bonchev–Trinajstić information content (AvgIpc) is 3.53. The number of aromatic nitrogens is 2. The van der Waals surface area contributed by atoms with Crippen molar-refractivity contribution in [2.75, 3.05) is 29.5 Å². The molecule has 0 spiro atoms. The van der Waals surface area contributed by atoms with E-state index in [4.69, 9.17) is 14.7 Å². The minimum absolute atomic E-state index is 0.192. The summed E-state index contributed by atoms with van der Waals surface area (Å²) in [5.41, 5.74) is 12.7. The highest BCUT2D eigenvalue weighted by Gasteiger charge is 2.44. The van der Waals surface area contributed by atoms with Gasteiger partial charge in [-0.3, -0.25) is 0 Å². The molecule has 1 fully saturated rings. The minimum atomic E-state index is -0.881. The summed E-state index contributed by atoms with van der Waals surface area (Å²) in [6.07, 6.45) is 4.64. The maximum absolute atomic E-state index is 7.65. The zero-order valence-corrected chi connectivity index (χ0v) is 32.9. The molecule has 0 radical (unpaired) electrons. The fourth-order valence-electron chi connectivity index (χ4n) is 9.51. The summed E-state index contributed by atoms with van der Waals surface area (Å²) in [7, 11) is 0. The van der Waals surface area contributed by atoms with Crippen LogP contribution in [0, 0.1) is 0 Å². The summed E-state index contributed by atoms with van der Waals surface area (Å²) in [5.74, 6) is 3.95. The third-order valence-electron chi connectivity index (χ3n) is 12.3. The van der Waals surface area contributed by atoms with Crippen LogP contribution >= 0.6 is 11.8 Å². The second-order valence-electron chi connectivity index (χ2n) is 15.9. The molecular weight excluding hydrogens is 715 g/mol. The first kappa shape index (κ1) is 34.1. The summed E-state index contributed by atoms with van der Waals surface area (Å²) in [5, 5.41) is 3.40. The number of thioether (sulfide) groups is 1. The zero-order chi connectivity index (χ0) is 38.1. The average molecular weight is 756 g/mol. The van der Waals surface area contributed by atoms with Gasteiger partial charge in [0.25, 0.3) is 0 Å². The van der Waals surface area contributed by atoms with Crippen molar-refractivity contribution in [1.29, 1.82) is 0 Å². The molecule has 8 aromatic rings. The summed E-state index contributed by atoms with van der Waals surface area (Å²) < 4.78 is 7.65. The van der Waals surface area contributed by atoms with E-state index in [1.54, 1.807) is 0 Å². The van der Waals surface area contributed by atoms with Gasteiger partial charge < -0.3 is 9.64 Å². The lowest BCUT2D eigenvalue weighted by Crippen LogP contribution is -2.35. The van der Waals surface area contributed by atoms with Crippen molar-refractivity contribution in [2.45, 2.75) is 24.9 Å². The first-order valence-electron chi connectivity index (χ1n) is 19.9. The molecule has 1 unspecified atom stereocenters. The number of hydrogen-bond donors (Lipinski definition) is 0. The van der Waals surface area contributed by atoms with Crippen LogP contribution in [0.5, 0.6) is 5.75 Å². The zero-order valence-electron chi connectivity index (χ0n) is 32.1. The van der Waals surface area contributed by atoms with Crippen molar-refractivity contribution in [3.05, 3.63) is 186 Å². The maximum atomic E-state index is 7.65. The summed E-state index contributed by atoms with van der Waals surface area (Å²) in [6.45, 7) is 6.85. The molecule has 7 aromatic carbocycles. The largest absolute Gasteiger partial charge is 0.472 e. The maximum Gasteiger partial charge on any atom is 0.178 e. The number of rotatable bonds is 5. The van der Waals surface area contributed by atoms with Crippen LogP contribution in [-0.2, 0) is 11.0 Å². The Bertz CT molecular complexity index is 2880. The van der Waals surface area contributed by atoms with Crippen LogP contribution < -0.4 is 9.64 Å². The van der Waals surface area contributed by atoms with Gasteiger partial charge >= 0.3 is 0 Å². The van der Waals surface area contributed by atoms with Gasteiger partial charge in [0.2, 0.25) is 0 Å². The standard InChI is InChI=1S/C52H41N3OS/c1-51(2)44-18-10-8-16-41(44)46-39-14-6-7-15-40(39)49-43(47(46)51)28-29-52(56-49,37-24-26-38(27-25-37)55-30-32-57-33-31-55)36-22-20-35(21-23-36)50-53-45-19-11-9-17-42(45)48(54-50)34-12-4-3-5-13-34/h3-29H,30-33H2,1-2H3. The predicted octanol–water partition coefficient (Wildman–Crippen LogP) is 12.3. The van der Waals surface area contributed by atoms with E-state index in [1.807, 2.05) is 23.9 Å². The van der Waals surface area contributed by atoms with Gasteiger partial charge in [-0.1, -0.05) is 153 Å². The number of benzene rings is 7. The van der Waals surface area contributed by atoms with Gasteiger partial charge in [0, 0.05) is 74.3 Å². The molecule has 0 bridgehead atoms. The van der Waals surface area contributed by atoms with E-state index in [1.165, 1.54) is 33.3 Å². The first-order valence-corrected chi connectivity index (χ1v) is 21.1. The van der Waals surface area contributed by atoms with Gasteiger partial charge in [-0.05, 0) is 51.9 Å². The number of ether oxygens (including phenoxy) is 1. The third kappa shape index (κ3) is 5.36. The predicted molar refractivity (Wildman–Crippen MR) is 238 cm³/mol. The molecule has 1 saturated heterocycles. The van der Waals surface area contributed by atoms with Crippen molar-refractivity contribution < 1.29 is 4.74 Å². The van der Waals surface area contributed by atoms with Crippen molar-refractivity contribution in [2.24, 2.45) is 0 Å². The van der Waals surface area contributed by atoms with Gasteiger partial charge in [0.05, 0.1) is 11.2 Å². The van der Waals surface area contributed by atoms with E-state index in [0.717, 1.165) is 80.1 Å². The second-order valence-corrected chi connectivity index (χ2v) is 17.1. The molecule has 0 N–H and O–H groups in total. The van der Waals surface area contributed by atoms with Crippen LogP contribution in [-0.4, -0.2) is 34.6 Å². The fraction of sp³-hybridized carbons (Fsp3) is 0.154. The first-order chi connectivity index (χ1) is 28.0. The van der Waals surface area contributed by atoms with Gasteiger partial charge in [0.1, 0.15) is 5.75 Å². The summed E-state index contributed by atoms with van der Waals surface area (Å²) >= 11 is 2.03. The van der Waals surface area contributed by atoms with E-state index in [-0.39, 0.29) is 5.41 Å². The van der Waals surface area contributed by atoms with Gasteiger partial charge in [-0.25, -0.2) is 9.97 Å². The lowest BCUT2D eigenvalue weighted by molar-refractivity contribution is 0.163. The van der Waals surface area contributed by atoms with Crippen molar-refractivity contribution in [3.8, 4) is 39.5 Å². The molecule has 1 atom stereocenters. The number of fused-ring (bicyclic) bond motifs is 9. The smallest absolute Gasteiger partial charge is 0.178 e. The molecule has 276 valence electrons. The molecule has 4 nitrogen and oxygen atoms in total. The number of anilines is 1. The van der Waals surface area contributed by atoms with Crippen LogP contribution in [0.2, 0.25) is 0 Å². The van der Waals surface area contributed by atoms with Crippen LogP contribution in [0.15, 0.2) is 158 Å². The second kappa shape index (κ2) is 13.2. The van der Waals surface area contributed by atoms with Crippen LogP contribution in [0.3, 0.4) is 0 Å². The minimum Gasteiger partial charge on any atom is -0.472 e. The monoisotopic (exact) mass is 755 g/mol. The van der Waals surface area contributed by atoms with Crippen LogP contribution in [0.25, 0.3) is 61.5 Å². The number of nitrogens with zero attached hydrogens (tertiary/aromatic N) is 3. The normalized spacial score (nSPS) is 17.9. The SMILES string of the molecule is CC1(C)c2ccccc2-c2c1c1c(c3ccccc23)OC(c2ccc(-c3nc(-c4ccccc4)c4ccccc4n3)cc2)(c2ccc(N3CCSCC3)cc2)C=C1. The Labute approximate surface area is 337 Å². The van der Waals surface area contributed by atoms with Crippen molar-refractivity contribution in [1.82, 2.24) is 9.97 Å². The molecule has 11 rings (SSSR count). The van der Waals surface area contributed by atoms with E-state index >= 15 is 0 Å². The van der Waals surface area contributed by atoms with Crippen LogP contribution in [0.1, 0.15) is 41.7 Å². The van der Waals surface area contributed by atoms with Crippen molar-refractivity contribution in [3.63, 3.8) is 0 Å². The summed E-state index contributed by atoms with van der Waals surface area (Å²) in [6, 6.07) is 54.2. The Morgan fingerprint density at radius 3 is 2.04 bits per heavy atom. The topological polar surface area (TPSA) is 38.3 Å². The Balaban J connectivity index is 1.08. The van der Waals surface area contributed by atoms with Gasteiger partial charge in [-0.2, -0.15) is 11.8 Å².